The Hall–Kier alpha value is -1.45. The molecule has 0 saturated carbocycles. The number of hydrogen-bond acceptors (Lipinski definition) is 6. The second-order valence-electron chi connectivity index (χ2n) is 4.17. The smallest absolute Gasteiger partial charge is 0.273 e. The quantitative estimate of drug-likeness (QED) is 0.916. The Kier molecular flexibility index (Phi) is 3.61. The highest BCUT2D eigenvalue weighted by Gasteiger charge is 2.24. The minimum absolute atomic E-state index is 0.133. The number of methoxy groups -OCH3 is 1. The fourth-order valence-electron chi connectivity index (χ4n) is 1.65. The lowest BCUT2D eigenvalue weighted by molar-refractivity contribution is 0.417. The van der Waals surface area contributed by atoms with E-state index >= 15 is 0 Å². The van der Waals surface area contributed by atoms with Gasteiger partial charge < -0.3 is 4.74 Å². The van der Waals surface area contributed by atoms with Crippen molar-refractivity contribution in [2.75, 3.05) is 7.11 Å². The number of hydrogen-bond donors (Lipinski definition) is 1. The average Bonchev–Trinajstić information content (AvgIpc) is 2.94. The molecule has 9 heteroatoms. The van der Waals surface area contributed by atoms with Gasteiger partial charge in [-0.15, -0.1) is 21.5 Å². The summed E-state index contributed by atoms with van der Waals surface area (Å²) < 4.78 is 29.6. The molecule has 2 N–H and O–H groups in total. The van der Waals surface area contributed by atoms with Gasteiger partial charge in [0.2, 0.25) is 0 Å². The molecule has 0 bridgehead atoms. The number of nitrogens with two attached hydrogens (primary N) is 1. The SMILES string of the molecule is COc1csc(-c2nnc(S(N)(=O)=O)n2C(C)C)c1. The topological polar surface area (TPSA) is 100 Å². The molecule has 0 aromatic carbocycles. The molecule has 0 amide bonds. The number of ether oxygens (including phenoxy) is 1. The fraction of sp³-hybridized carbons (Fsp3) is 0.400. The minimum Gasteiger partial charge on any atom is -0.496 e. The lowest BCUT2D eigenvalue weighted by Gasteiger charge is -2.11. The van der Waals surface area contributed by atoms with Crippen LogP contribution in [-0.4, -0.2) is 30.3 Å². The summed E-state index contributed by atoms with van der Waals surface area (Å²) >= 11 is 1.40. The molecule has 0 fully saturated rings. The molecule has 2 heterocycles. The van der Waals surface area contributed by atoms with Crippen LogP contribution in [0.25, 0.3) is 10.7 Å². The van der Waals surface area contributed by atoms with Crippen molar-refractivity contribution in [3.63, 3.8) is 0 Å². The fourth-order valence-corrected chi connectivity index (χ4v) is 3.21. The second kappa shape index (κ2) is 4.91. The van der Waals surface area contributed by atoms with E-state index in [0.717, 1.165) is 4.88 Å². The van der Waals surface area contributed by atoms with Crippen LogP contribution in [0.5, 0.6) is 5.75 Å². The first-order valence-electron chi connectivity index (χ1n) is 5.45. The Morgan fingerprint density at radius 2 is 2.11 bits per heavy atom. The zero-order valence-electron chi connectivity index (χ0n) is 10.7. The highest BCUT2D eigenvalue weighted by molar-refractivity contribution is 7.89. The Morgan fingerprint density at radius 3 is 2.58 bits per heavy atom. The maximum Gasteiger partial charge on any atom is 0.273 e. The summed E-state index contributed by atoms with van der Waals surface area (Å²) in [6.45, 7) is 3.68. The van der Waals surface area contributed by atoms with Crippen LogP contribution in [0.3, 0.4) is 0 Å². The molecule has 19 heavy (non-hydrogen) atoms. The molecular weight excluding hydrogens is 288 g/mol. The van der Waals surface area contributed by atoms with Crippen LogP contribution in [0, 0.1) is 0 Å². The molecule has 2 aromatic rings. The number of nitrogens with zero attached hydrogens (tertiary/aromatic N) is 3. The average molecular weight is 302 g/mol. The minimum atomic E-state index is -3.90. The maximum absolute atomic E-state index is 11.5. The summed E-state index contributed by atoms with van der Waals surface area (Å²) in [5.41, 5.74) is 0. The predicted molar refractivity (Wildman–Crippen MR) is 71.6 cm³/mol. The monoisotopic (exact) mass is 302 g/mol. The normalized spacial score (nSPS) is 12.1. The van der Waals surface area contributed by atoms with Crippen molar-refractivity contribution in [2.24, 2.45) is 5.14 Å². The van der Waals surface area contributed by atoms with E-state index in [9.17, 15) is 8.42 Å². The van der Waals surface area contributed by atoms with Gasteiger partial charge in [0.1, 0.15) is 5.75 Å². The third-order valence-corrected chi connectivity index (χ3v) is 4.16. The van der Waals surface area contributed by atoms with E-state index < -0.39 is 10.0 Å². The van der Waals surface area contributed by atoms with Crippen molar-refractivity contribution in [1.82, 2.24) is 14.8 Å². The molecule has 0 aliphatic rings. The summed E-state index contributed by atoms with van der Waals surface area (Å²) in [6, 6.07) is 1.65. The summed E-state index contributed by atoms with van der Waals surface area (Å²) in [4.78, 5) is 0.771. The van der Waals surface area contributed by atoms with Crippen molar-refractivity contribution in [3.05, 3.63) is 11.4 Å². The first-order chi connectivity index (χ1) is 8.84. The van der Waals surface area contributed by atoms with Crippen molar-refractivity contribution >= 4 is 21.4 Å². The highest BCUT2D eigenvalue weighted by Crippen LogP contribution is 2.32. The van der Waals surface area contributed by atoms with Gasteiger partial charge in [-0.3, -0.25) is 4.57 Å². The van der Waals surface area contributed by atoms with E-state index in [4.69, 9.17) is 9.88 Å². The van der Waals surface area contributed by atoms with E-state index in [-0.39, 0.29) is 11.2 Å². The van der Waals surface area contributed by atoms with Gasteiger partial charge in [-0.25, -0.2) is 13.6 Å². The zero-order valence-corrected chi connectivity index (χ0v) is 12.3. The van der Waals surface area contributed by atoms with Crippen LogP contribution in [0.2, 0.25) is 0 Å². The van der Waals surface area contributed by atoms with Gasteiger partial charge in [0, 0.05) is 17.5 Å². The third kappa shape index (κ3) is 2.62. The van der Waals surface area contributed by atoms with Crippen LogP contribution < -0.4 is 9.88 Å². The molecule has 0 spiro atoms. The molecule has 2 aromatic heterocycles. The Balaban J connectivity index is 2.62. The summed E-state index contributed by atoms with van der Waals surface area (Å²) in [5, 5.41) is 14.3. The van der Waals surface area contributed by atoms with Crippen LogP contribution in [-0.2, 0) is 10.0 Å². The van der Waals surface area contributed by atoms with E-state index in [1.807, 2.05) is 19.2 Å². The Labute approximate surface area is 115 Å². The molecule has 2 rings (SSSR count). The van der Waals surface area contributed by atoms with Crippen LogP contribution >= 0.6 is 11.3 Å². The number of sulfonamides is 1. The van der Waals surface area contributed by atoms with Crippen LogP contribution in [0.15, 0.2) is 16.6 Å². The van der Waals surface area contributed by atoms with Crippen molar-refractivity contribution in [3.8, 4) is 16.5 Å². The van der Waals surface area contributed by atoms with Crippen LogP contribution in [0.1, 0.15) is 19.9 Å². The second-order valence-corrected chi connectivity index (χ2v) is 6.53. The molecule has 7 nitrogen and oxygen atoms in total. The largest absolute Gasteiger partial charge is 0.496 e. The summed E-state index contributed by atoms with van der Waals surface area (Å²) in [5.74, 6) is 1.16. The number of thiophene rings is 1. The van der Waals surface area contributed by atoms with E-state index in [1.165, 1.54) is 15.9 Å². The van der Waals surface area contributed by atoms with Gasteiger partial charge in [0.05, 0.1) is 12.0 Å². The standard InChI is InChI=1S/C10H14N4O3S2/c1-6(2)14-9(8-4-7(17-3)5-18-8)12-13-10(14)19(11,15)16/h4-6H,1-3H3,(H2,11,15,16). The van der Waals surface area contributed by atoms with Crippen molar-refractivity contribution < 1.29 is 13.2 Å². The molecule has 0 unspecified atom stereocenters. The van der Waals surface area contributed by atoms with E-state index in [0.29, 0.717) is 11.6 Å². The van der Waals surface area contributed by atoms with Gasteiger partial charge >= 0.3 is 0 Å². The molecular formula is C10H14N4O3S2. The van der Waals surface area contributed by atoms with Crippen LogP contribution in [0.4, 0.5) is 0 Å². The van der Waals surface area contributed by atoms with Gasteiger partial charge in [-0.1, -0.05) is 0 Å². The van der Waals surface area contributed by atoms with E-state index in [1.54, 1.807) is 13.2 Å². The maximum atomic E-state index is 11.5. The Bertz CT molecular complexity index is 687. The van der Waals surface area contributed by atoms with Gasteiger partial charge in [0.25, 0.3) is 15.2 Å². The predicted octanol–water partition coefficient (Wildman–Crippen LogP) is 1.24. The van der Waals surface area contributed by atoms with E-state index in [2.05, 4.69) is 10.2 Å². The number of rotatable bonds is 4. The molecule has 0 radical (unpaired) electrons. The number of aromatic nitrogens is 3. The lowest BCUT2D eigenvalue weighted by atomic mass is 10.3. The molecule has 0 atom stereocenters. The molecule has 0 aliphatic heterocycles. The van der Waals surface area contributed by atoms with Crippen molar-refractivity contribution in [2.45, 2.75) is 25.0 Å². The summed E-state index contributed by atoms with van der Waals surface area (Å²) in [6.07, 6.45) is 0. The van der Waals surface area contributed by atoms with Gasteiger partial charge in [-0.2, -0.15) is 0 Å². The molecule has 0 aliphatic carbocycles. The highest BCUT2D eigenvalue weighted by atomic mass is 32.2. The van der Waals surface area contributed by atoms with Gasteiger partial charge in [-0.05, 0) is 13.8 Å². The van der Waals surface area contributed by atoms with Gasteiger partial charge in [0.15, 0.2) is 5.82 Å². The molecule has 0 saturated heterocycles. The van der Waals surface area contributed by atoms with Crippen molar-refractivity contribution in [1.29, 1.82) is 0 Å². The molecule has 104 valence electrons. The number of primary sulfonamides is 1. The first-order valence-corrected chi connectivity index (χ1v) is 7.87. The third-order valence-electron chi connectivity index (χ3n) is 2.47. The zero-order chi connectivity index (χ0) is 14.2. The first kappa shape index (κ1) is 14.0. The summed E-state index contributed by atoms with van der Waals surface area (Å²) in [7, 11) is -2.34. The lowest BCUT2D eigenvalue weighted by Crippen LogP contribution is -2.19. The Morgan fingerprint density at radius 1 is 1.42 bits per heavy atom.